The van der Waals surface area contributed by atoms with E-state index in [4.69, 9.17) is 14.8 Å². The summed E-state index contributed by atoms with van der Waals surface area (Å²) in [5, 5.41) is 19.1. The topological polar surface area (TPSA) is 111 Å². The van der Waals surface area contributed by atoms with Crippen LogP contribution in [0.1, 0.15) is 59.6 Å². The molecule has 1 aliphatic carbocycles. The molecular formula is C27H25N7O2. The first-order chi connectivity index (χ1) is 17.8. The van der Waals surface area contributed by atoms with Crippen molar-refractivity contribution in [1.82, 2.24) is 35.2 Å². The number of aldehydes is 1. The van der Waals surface area contributed by atoms with E-state index >= 15 is 0 Å². The molecule has 1 saturated carbocycles. The second-order valence-electron chi connectivity index (χ2n) is 9.09. The Kier molecular flexibility index (Phi) is 5.95. The van der Waals surface area contributed by atoms with Gasteiger partial charge in [0.1, 0.15) is 18.6 Å². The fraction of sp³-hybridized carbons (Fsp3) is 0.259. The molecule has 36 heavy (non-hydrogen) atoms. The molecule has 1 aliphatic rings. The lowest BCUT2D eigenvalue weighted by Crippen LogP contribution is -2.12. The summed E-state index contributed by atoms with van der Waals surface area (Å²) in [7, 11) is 0. The van der Waals surface area contributed by atoms with Crippen LogP contribution in [0.3, 0.4) is 0 Å². The van der Waals surface area contributed by atoms with E-state index < -0.39 is 0 Å². The van der Waals surface area contributed by atoms with Crippen LogP contribution >= 0.6 is 0 Å². The number of carbonyl (C=O) groups is 1. The number of H-pyrrole nitrogens is 1. The Morgan fingerprint density at radius 1 is 0.972 bits per heavy atom. The molecule has 180 valence electrons. The lowest BCUT2D eigenvalue weighted by Gasteiger charge is -2.25. The Balaban J connectivity index is 1.32. The van der Waals surface area contributed by atoms with Crippen molar-refractivity contribution in [2.45, 2.75) is 44.6 Å². The zero-order valence-electron chi connectivity index (χ0n) is 19.7. The Morgan fingerprint density at radius 2 is 1.78 bits per heavy atom. The van der Waals surface area contributed by atoms with Crippen molar-refractivity contribution in [3.8, 4) is 28.3 Å². The third-order valence-electron chi connectivity index (χ3n) is 6.83. The Bertz CT molecular complexity index is 1470. The van der Waals surface area contributed by atoms with Gasteiger partial charge in [-0.05, 0) is 41.3 Å². The fourth-order valence-electron chi connectivity index (χ4n) is 4.96. The highest BCUT2D eigenvalue weighted by molar-refractivity contribution is 5.76. The van der Waals surface area contributed by atoms with Crippen molar-refractivity contribution in [3.63, 3.8) is 0 Å². The van der Waals surface area contributed by atoms with Gasteiger partial charge in [0.05, 0.1) is 17.5 Å². The van der Waals surface area contributed by atoms with Crippen LogP contribution in [0.15, 0.2) is 60.9 Å². The van der Waals surface area contributed by atoms with Gasteiger partial charge in [0.15, 0.2) is 5.65 Å². The number of hydrogen-bond acceptors (Lipinski definition) is 7. The summed E-state index contributed by atoms with van der Waals surface area (Å²) in [6.45, 7) is 0.436. The number of rotatable bonds is 7. The average Bonchev–Trinajstić information content (AvgIpc) is 3.63. The number of aromatic nitrogens is 7. The molecule has 1 fully saturated rings. The Morgan fingerprint density at radius 3 is 2.50 bits per heavy atom. The van der Waals surface area contributed by atoms with Crippen molar-refractivity contribution >= 4 is 11.9 Å². The van der Waals surface area contributed by atoms with Crippen molar-refractivity contribution < 1.29 is 9.53 Å². The molecule has 3 aromatic heterocycles. The summed E-state index contributed by atoms with van der Waals surface area (Å²) >= 11 is 0. The number of hydrogen-bond donors (Lipinski definition) is 1. The standard InChI is InChI=1S/C27H25N7O2/c35-16-18-6-8-19(9-7-18)17-36-22-12-10-20(11-13-22)23-14-28-27-24(26-30-32-33-31-26)15-29-34(27)25(23)21-4-2-1-3-5-21/h6-16,21H,1-5,17H2,(H,30,31,32,33). The monoisotopic (exact) mass is 479 g/mol. The smallest absolute Gasteiger partial charge is 0.210 e. The number of nitrogens with zero attached hydrogens (tertiary/aromatic N) is 6. The third-order valence-corrected chi connectivity index (χ3v) is 6.83. The van der Waals surface area contributed by atoms with E-state index in [0.29, 0.717) is 23.9 Å². The molecule has 0 atom stereocenters. The first kappa shape index (κ1) is 22.1. The second-order valence-corrected chi connectivity index (χ2v) is 9.09. The molecule has 0 amide bonds. The lowest BCUT2D eigenvalue weighted by molar-refractivity contribution is 0.112. The highest BCUT2D eigenvalue weighted by Crippen LogP contribution is 2.39. The van der Waals surface area contributed by atoms with Gasteiger partial charge in [-0.2, -0.15) is 10.3 Å². The molecule has 1 N–H and O–H groups in total. The van der Waals surface area contributed by atoms with Crippen molar-refractivity contribution in [1.29, 1.82) is 0 Å². The van der Waals surface area contributed by atoms with Gasteiger partial charge in [-0.25, -0.2) is 9.50 Å². The van der Waals surface area contributed by atoms with E-state index in [2.05, 4.69) is 32.8 Å². The van der Waals surface area contributed by atoms with Crippen LogP contribution in [0, 0.1) is 0 Å². The minimum absolute atomic E-state index is 0.405. The summed E-state index contributed by atoms with van der Waals surface area (Å²) in [6.07, 6.45) is 10.5. The number of nitrogens with one attached hydrogen (secondary N) is 1. The van der Waals surface area contributed by atoms with Crippen LogP contribution in [-0.4, -0.2) is 41.5 Å². The maximum absolute atomic E-state index is 10.8. The maximum atomic E-state index is 10.8. The summed E-state index contributed by atoms with van der Waals surface area (Å²) in [4.78, 5) is 15.6. The van der Waals surface area contributed by atoms with Crippen LogP contribution in [0.2, 0.25) is 0 Å². The summed E-state index contributed by atoms with van der Waals surface area (Å²) in [5.41, 5.74) is 6.49. The zero-order chi connectivity index (χ0) is 24.3. The van der Waals surface area contributed by atoms with Crippen molar-refractivity contribution in [2.75, 3.05) is 0 Å². The van der Waals surface area contributed by atoms with Gasteiger partial charge in [-0.3, -0.25) is 4.79 Å². The van der Waals surface area contributed by atoms with Gasteiger partial charge < -0.3 is 4.74 Å². The Hall–Kier alpha value is -4.40. The highest BCUT2D eigenvalue weighted by atomic mass is 16.5. The predicted octanol–water partition coefficient (Wildman–Crippen LogP) is 5.02. The molecule has 0 saturated heterocycles. The van der Waals surface area contributed by atoms with Crippen LogP contribution in [-0.2, 0) is 6.61 Å². The van der Waals surface area contributed by atoms with E-state index in [1.165, 1.54) is 25.0 Å². The van der Waals surface area contributed by atoms with E-state index in [9.17, 15) is 4.79 Å². The molecule has 9 nitrogen and oxygen atoms in total. The maximum Gasteiger partial charge on any atom is 0.210 e. The molecule has 0 spiro atoms. The molecule has 2 aromatic carbocycles. The molecule has 3 heterocycles. The van der Waals surface area contributed by atoms with Gasteiger partial charge in [0.2, 0.25) is 5.82 Å². The molecule has 0 bridgehead atoms. The number of aromatic amines is 1. The van der Waals surface area contributed by atoms with Crippen LogP contribution < -0.4 is 4.74 Å². The number of carbonyl (C=O) groups excluding carboxylic acids is 1. The largest absolute Gasteiger partial charge is 0.489 e. The van der Waals surface area contributed by atoms with Gasteiger partial charge >= 0.3 is 0 Å². The van der Waals surface area contributed by atoms with Gasteiger partial charge in [-0.15, -0.1) is 10.2 Å². The lowest BCUT2D eigenvalue weighted by atomic mass is 9.84. The molecule has 0 radical (unpaired) electrons. The first-order valence-electron chi connectivity index (χ1n) is 12.2. The SMILES string of the molecule is O=Cc1ccc(COc2ccc(-c3cnc4c(-c5nn[nH]n5)cnn4c3C3CCCCC3)cc2)cc1. The van der Waals surface area contributed by atoms with Crippen LogP contribution in [0.4, 0.5) is 0 Å². The number of benzene rings is 2. The molecule has 5 aromatic rings. The average molecular weight is 480 g/mol. The Labute approximate surface area is 207 Å². The van der Waals surface area contributed by atoms with Gasteiger partial charge in [-0.1, -0.05) is 55.7 Å². The minimum Gasteiger partial charge on any atom is -0.489 e. The molecular weight excluding hydrogens is 454 g/mol. The van der Waals surface area contributed by atoms with Gasteiger partial charge in [0.25, 0.3) is 0 Å². The van der Waals surface area contributed by atoms with Gasteiger partial charge in [0, 0.05) is 23.2 Å². The van der Waals surface area contributed by atoms with E-state index in [0.717, 1.165) is 52.8 Å². The molecule has 0 aliphatic heterocycles. The number of fused-ring (bicyclic) bond motifs is 1. The van der Waals surface area contributed by atoms with Crippen LogP contribution in [0.5, 0.6) is 5.75 Å². The second kappa shape index (κ2) is 9.69. The molecule has 6 rings (SSSR count). The normalized spacial score (nSPS) is 14.2. The number of ether oxygens (including phenoxy) is 1. The third kappa shape index (κ3) is 4.24. The van der Waals surface area contributed by atoms with E-state index in [1.54, 1.807) is 18.3 Å². The number of tetrazole rings is 1. The highest BCUT2D eigenvalue weighted by Gasteiger charge is 2.25. The van der Waals surface area contributed by atoms with Crippen LogP contribution in [0.25, 0.3) is 28.2 Å². The summed E-state index contributed by atoms with van der Waals surface area (Å²) in [5.74, 6) is 1.68. The quantitative estimate of drug-likeness (QED) is 0.326. The van der Waals surface area contributed by atoms with Crippen molar-refractivity contribution in [2.24, 2.45) is 0 Å². The predicted molar refractivity (Wildman–Crippen MR) is 134 cm³/mol. The van der Waals surface area contributed by atoms with E-state index in [1.807, 2.05) is 35.0 Å². The fourth-order valence-corrected chi connectivity index (χ4v) is 4.96. The van der Waals surface area contributed by atoms with Crippen molar-refractivity contribution in [3.05, 3.63) is 77.7 Å². The summed E-state index contributed by atoms with van der Waals surface area (Å²) in [6, 6.07) is 15.5. The minimum atomic E-state index is 0.405. The van der Waals surface area contributed by atoms with E-state index in [-0.39, 0.29) is 0 Å². The molecule has 9 heteroatoms. The summed E-state index contributed by atoms with van der Waals surface area (Å²) < 4.78 is 7.94. The zero-order valence-corrected chi connectivity index (χ0v) is 19.7. The first-order valence-corrected chi connectivity index (χ1v) is 12.2. The molecule has 0 unspecified atom stereocenters.